The van der Waals surface area contributed by atoms with E-state index in [1.165, 1.54) is 0 Å². The van der Waals surface area contributed by atoms with Gasteiger partial charge in [-0.05, 0) is 37.5 Å². The van der Waals surface area contributed by atoms with E-state index < -0.39 is 0 Å². The van der Waals surface area contributed by atoms with Crippen molar-refractivity contribution >= 4 is 17.7 Å². The number of nitrogens with one attached hydrogen (secondary N) is 1. The third kappa shape index (κ3) is 1.79. The van der Waals surface area contributed by atoms with Gasteiger partial charge in [0.1, 0.15) is 0 Å². The highest BCUT2D eigenvalue weighted by atomic mass is 16.2. The standard InChI is InChI=1S/C16H18N2O3/c19-14(9-4-2-1-3-5-9)17-18-15(20)12-10-6-7-11(8-10)13(12)16(18)21/h1-2,6-7,9-13H,3-5,8H2,(H,17,19)/t9-,10-,11+,12-,13+/m1/s1. The Morgan fingerprint density at radius 3 is 2.33 bits per heavy atom. The zero-order valence-electron chi connectivity index (χ0n) is 11.7. The van der Waals surface area contributed by atoms with E-state index in [9.17, 15) is 14.4 Å². The number of hydrazine groups is 1. The molecule has 0 aromatic rings. The van der Waals surface area contributed by atoms with Crippen LogP contribution in [0.5, 0.6) is 0 Å². The van der Waals surface area contributed by atoms with Gasteiger partial charge < -0.3 is 0 Å². The third-order valence-electron chi connectivity index (χ3n) is 5.33. The van der Waals surface area contributed by atoms with Crippen molar-refractivity contribution in [2.45, 2.75) is 25.7 Å². The van der Waals surface area contributed by atoms with Crippen LogP contribution >= 0.6 is 0 Å². The summed E-state index contributed by atoms with van der Waals surface area (Å²) >= 11 is 0. The first-order chi connectivity index (χ1) is 10.2. The van der Waals surface area contributed by atoms with E-state index in [1.807, 2.05) is 18.2 Å². The molecule has 0 aromatic carbocycles. The Labute approximate surface area is 123 Å². The number of allylic oxidation sites excluding steroid dienone is 4. The fourth-order valence-corrected chi connectivity index (χ4v) is 4.25. The topological polar surface area (TPSA) is 66.5 Å². The zero-order valence-corrected chi connectivity index (χ0v) is 11.7. The predicted octanol–water partition coefficient (Wildman–Crippen LogP) is 1.18. The first-order valence-electron chi connectivity index (χ1n) is 7.68. The monoisotopic (exact) mass is 286 g/mol. The average molecular weight is 286 g/mol. The fourth-order valence-electron chi connectivity index (χ4n) is 4.25. The van der Waals surface area contributed by atoms with E-state index in [4.69, 9.17) is 0 Å². The van der Waals surface area contributed by atoms with E-state index in [1.54, 1.807) is 0 Å². The van der Waals surface area contributed by atoms with Gasteiger partial charge in [0.2, 0.25) is 5.91 Å². The van der Waals surface area contributed by atoms with Crippen LogP contribution in [0, 0.1) is 29.6 Å². The van der Waals surface area contributed by atoms with Crippen molar-refractivity contribution in [2.24, 2.45) is 29.6 Å². The van der Waals surface area contributed by atoms with Gasteiger partial charge in [0, 0.05) is 5.92 Å². The Hall–Kier alpha value is -1.91. The van der Waals surface area contributed by atoms with Crippen molar-refractivity contribution in [2.75, 3.05) is 0 Å². The number of rotatable bonds is 2. The number of fused-ring (bicyclic) bond motifs is 5. The van der Waals surface area contributed by atoms with Gasteiger partial charge in [-0.15, -0.1) is 0 Å². The summed E-state index contributed by atoms with van der Waals surface area (Å²) < 4.78 is 0. The van der Waals surface area contributed by atoms with E-state index >= 15 is 0 Å². The Balaban J connectivity index is 1.49. The smallest absolute Gasteiger partial charge is 0.252 e. The molecular formula is C16H18N2O3. The second kappa shape index (κ2) is 4.55. The van der Waals surface area contributed by atoms with Crippen molar-refractivity contribution in [3.63, 3.8) is 0 Å². The number of amides is 3. The number of carbonyl (C=O) groups is 3. The van der Waals surface area contributed by atoms with Crippen LogP contribution in [0.25, 0.3) is 0 Å². The van der Waals surface area contributed by atoms with Crippen molar-refractivity contribution < 1.29 is 14.4 Å². The van der Waals surface area contributed by atoms with Gasteiger partial charge in [-0.1, -0.05) is 24.3 Å². The second-order valence-electron chi connectivity index (χ2n) is 6.47. The minimum atomic E-state index is -0.251. The SMILES string of the molecule is O=C(NN1C(=O)[C@@H]2[C@H](C1=O)[C@@H]1C=C[C@H]2C1)[C@@H]1CC=CCC1. The molecule has 1 saturated carbocycles. The molecule has 0 radical (unpaired) electrons. The van der Waals surface area contributed by atoms with Crippen LogP contribution in [-0.4, -0.2) is 22.7 Å². The summed E-state index contributed by atoms with van der Waals surface area (Å²) in [5.41, 5.74) is 2.58. The predicted molar refractivity (Wildman–Crippen MR) is 74.2 cm³/mol. The maximum absolute atomic E-state index is 12.4. The van der Waals surface area contributed by atoms with Gasteiger partial charge >= 0.3 is 0 Å². The third-order valence-corrected chi connectivity index (χ3v) is 5.33. The van der Waals surface area contributed by atoms with Crippen molar-refractivity contribution in [1.29, 1.82) is 0 Å². The van der Waals surface area contributed by atoms with Crippen LogP contribution in [0.1, 0.15) is 25.7 Å². The molecule has 110 valence electrons. The molecule has 4 aliphatic rings. The highest BCUT2D eigenvalue weighted by Gasteiger charge is 2.59. The Bertz CT molecular complexity index is 550. The molecule has 3 amide bonds. The maximum atomic E-state index is 12.4. The van der Waals surface area contributed by atoms with Crippen molar-refractivity contribution in [3.8, 4) is 0 Å². The van der Waals surface area contributed by atoms with Crippen LogP contribution in [0.2, 0.25) is 0 Å². The summed E-state index contributed by atoms with van der Waals surface area (Å²) in [6.45, 7) is 0. The molecule has 0 unspecified atom stereocenters. The molecule has 5 heteroatoms. The molecule has 5 nitrogen and oxygen atoms in total. The molecule has 0 aromatic heterocycles. The summed E-state index contributed by atoms with van der Waals surface area (Å²) in [7, 11) is 0. The quantitative estimate of drug-likeness (QED) is 0.612. The summed E-state index contributed by atoms with van der Waals surface area (Å²) in [5, 5.41) is 1.00. The van der Waals surface area contributed by atoms with Gasteiger partial charge in [-0.2, -0.15) is 5.01 Å². The minimum absolute atomic E-state index is 0.133. The molecule has 2 bridgehead atoms. The molecule has 1 heterocycles. The Morgan fingerprint density at radius 1 is 1.10 bits per heavy atom. The van der Waals surface area contributed by atoms with Crippen molar-refractivity contribution in [3.05, 3.63) is 24.3 Å². The summed E-state index contributed by atoms with van der Waals surface area (Å²) in [5.74, 6) is -0.930. The largest absolute Gasteiger partial charge is 0.273 e. The van der Waals surface area contributed by atoms with Gasteiger partial charge in [-0.3, -0.25) is 19.8 Å². The summed E-state index contributed by atoms with van der Waals surface area (Å²) in [6.07, 6.45) is 11.4. The lowest BCUT2D eigenvalue weighted by atomic mass is 9.85. The zero-order chi connectivity index (χ0) is 14.6. The first kappa shape index (κ1) is 12.8. The Morgan fingerprint density at radius 2 is 1.76 bits per heavy atom. The molecule has 5 atom stereocenters. The van der Waals surface area contributed by atoms with Crippen LogP contribution < -0.4 is 5.43 Å². The van der Waals surface area contributed by atoms with Gasteiger partial charge in [0.25, 0.3) is 11.8 Å². The van der Waals surface area contributed by atoms with E-state index in [0.29, 0.717) is 6.42 Å². The average Bonchev–Trinajstić information content (AvgIpc) is 3.18. The molecule has 0 spiro atoms. The highest BCUT2D eigenvalue weighted by Crippen LogP contribution is 2.52. The number of hydrogen-bond donors (Lipinski definition) is 1. The van der Waals surface area contributed by atoms with E-state index in [2.05, 4.69) is 11.5 Å². The van der Waals surface area contributed by atoms with E-state index in [-0.39, 0.29) is 47.3 Å². The van der Waals surface area contributed by atoms with E-state index in [0.717, 1.165) is 24.3 Å². The number of imide groups is 1. The maximum Gasteiger partial charge on any atom is 0.252 e. The van der Waals surface area contributed by atoms with Gasteiger partial charge in [0.05, 0.1) is 11.8 Å². The van der Waals surface area contributed by atoms with Gasteiger partial charge in [0.15, 0.2) is 0 Å². The molecule has 3 aliphatic carbocycles. The van der Waals surface area contributed by atoms with Gasteiger partial charge in [-0.25, -0.2) is 0 Å². The summed E-state index contributed by atoms with van der Waals surface area (Å²) in [6, 6.07) is 0. The second-order valence-corrected chi connectivity index (χ2v) is 6.47. The minimum Gasteiger partial charge on any atom is -0.273 e. The number of nitrogens with zero attached hydrogens (tertiary/aromatic N) is 1. The molecule has 2 fully saturated rings. The molecule has 1 saturated heterocycles. The molecular weight excluding hydrogens is 268 g/mol. The lowest BCUT2D eigenvalue weighted by molar-refractivity contribution is -0.151. The van der Waals surface area contributed by atoms with Crippen LogP contribution in [0.15, 0.2) is 24.3 Å². The van der Waals surface area contributed by atoms with Crippen molar-refractivity contribution in [1.82, 2.24) is 10.4 Å². The Kier molecular flexibility index (Phi) is 2.77. The fraction of sp³-hybridized carbons (Fsp3) is 0.562. The van der Waals surface area contributed by atoms with Crippen LogP contribution in [0.4, 0.5) is 0 Å². The van der Waals surface area contributed by atoms with Crippen LogP contribution in [0.3, 0.4) is 0 Å². The number of carbonyl (C=O) groups excluding carboxylic acids is 3. The lowest BCUT2D eigenvalue weighted by Crippen LogP contribution is -2.49. The molecule has 1 aliphatic heterocycles. The molecule has 4 rings (SSSR count). The lowest BCUT2D eigenvalue weighted by Gasteiger charge is -2.22. The summed E-state index contributed by atoms with van der Waals surface area (Å²) in [4.78, 5) is 37.1. The van der Waals surface area contributed by atoms with Crippen LogP contribution in [-0.2, 0) is 14.4 Å². The highest BCUT2D eigenvalue weighted by molar-refractivity contribution is 6.07. The molecule has 1 N–H and O–H groups in total. The number of hydrogen-bond acceptors (Lipinski definition) is 3. The first-order valence-corrected chi connectivity index (χ1v) is 7.68. The molecule has 21 heavy (non-hydrogen) atoms. The normalized spacial score (nSPS) is 40.0.